The molecule has 18 heavy (non-hydrogen) atoms. The first-order chi connectivity index (χ1) is 8.88. The van der Waals surface area contributed by atoms with Gasteiger partial charge in [-0.3, -0.25) is 0 Å². The first kappa shape index (κ1) is 12.8. The Bertz CT molecular complexity index is 451. The molecule has 1 aromatic carbocycles. The van der Waals surface area contributed by atoms with Crippen LogP contribution in [-0.2, 0) is 19.4 Å². The van der Waals surface area contributed by atoms with Crippen molar-refractivity contribution in [3.63, 3.8) is 0 Å². The minimum atomic E-state index is 0.721. The lowest BCUT2D eigenvalue weighted by molar-refractivity contribution is 0.435. The Hall–Kier alpha value is -1.61. The summed E-state index contributed by atoms with van der Waals surface area (Å²) in [6, 6.07) is 10.4. The van der Waals surface area contributed by atoms with Gasteiger partial charge >= 0.3 is 0 Å². The van der Waals surface area contributed by atoms with E-state index in [9.17, 15) is 0 Å². The van der Waals surface area contributed by atoms with Crippen LogP contribution in [0.4, 0.5) is 0 Å². The van der Waals surface area contributed by atoms with E-state index in [1.807, 2.05) is 12.3 Å². The van der Waals surface area contributed by atoms with Crippen molar-refractivity contribution in [3.05, 3.63) is 53.7 Å². The molecule has 1 heterocycles. The molecule has 0 aliphatic heterocycles. The smallest absolute Gasteiger partial charge is 0.208 e. The second kappa shape index (κ2) is 6.97. The third kappa shape index (κ3) is 4.00. The van der Waals surface area contributed by atoms with E-state index in [-0.39, 0.29) is 0 Å². The lowest BCUT2D eigenvalue weighted by atomic mass is 10.1. The van der Waals surface area contributed by atoms with Crippen molar-refractivity contribution in [2.24, 2.45) is 0 Å². The van der Waals surface area contributed by atoms with Crippen LogP contribution in [0, 0.1) is 0 Å². The number of benzene rings is 1. The molecule has 0 unspecified atom stereocenters. The van der Waals surface area contributed by atoms with Crippen LogP contribution >= 0.6 is 0 Å². The molecule has 0 fully saturated rings. The van der Waals surface area contributed by atoms with E-state index in [0.717, 1.165) is 44.0 Å². The van der Waals surface area contributed by atoms with Gasteiger partial charge < -0.3 is 9.73 Å². The minimum absolute atomic E-state index is 0.721. The van der Waals surface area contributed by atoms with Crippen LogP contribution in [0.3, 0.4) is 0 Å². The van der Waals surface area contributed by atoms with E-state index in [4.69, 9.17) is 4.42 Å². The standard InChI is InChI=1S/C15H20N2O/c1-2-10-16-12-15-17-11-14(18-15)9-8-13-6-4-3-5-7-13/h3-7,11,16H,2,8-10,12H2,1H3. The van der Waals surface area contributed by atoms with Crippen molar-refractivity contribution in [2.45, 2.75) is 32.7 Å². The van der Waals surface area contributed by atoms with Crippen LogP contribution in [-0.4, -0.2) is 11.5 Å². The van der Waals surface area contributed by atoms with Crippen molar-refractivity contribution in [3.8, 4) is 0 Å². The average molecular weight is 244 g/mol. The summed E-state index contributed by atoms with van der Waals surface area (Å²) < 4.78 is 5.68. The highest BCUT2D eigenvalue weighted by atomic mass is 16.4. The maximum atomic E-state index is 5.68. The summed E-state index contributed by atoms with van der Waals surface area (Å²) in [5.41, 5.74) is 1.33. The molecule has 0 aliphatic rings. The van der Waals surface area contributed by atoms with E-state index in [2.05, 4.69) is 41.5 Å². The van der Waals surface area contributed by atoms with Crippen molar-refractivity contribution >= 4 is 0 Å². The molecule has 96 valence electrons. The summed E-state index contributed by atoms with van der Waals surface area (Å²) in [6.07, 6.45) is 4.87. The van der Waals surface area contributed by atoms with E-state index in [1.54, 1.807) is 0 Å². The van der Waals surface area contributed by atoms with Crippen molar-refractivity contribution in [1.29, 1.82) is 0 Å². The van der Waals surface area contributed by atoms with Gasteiger partial charge in [-0.15, -0.1) is 0 Å². The van der Waals surface area contributed by atoms with Gasteiger partial charge in [-0.25, -0.2) is 4.98 Å². The minimum Gasteiger partial charge on any atom is -0.444 e. The van der Waals surface area contributed by atoms with Gasteiger partial charge in [0.2, 0.25) is 5.89 Å². The molecule has 0 saturated carbocycles. The second-order valence-electron chi connectivity index (χ2n) is 4.38. The summed E-state index contributed by atoms with van der Waals surface area (Å²) in [7, 11) is 0. The Kier molecular flexibility index (Phi) is 4.97. The molecule has 2 aromatic rings. The van der Waals surface area contributed by atoms with Gasteiger partial charge in [-0.05, 0) is 24.9 Å². The van der Waals surface area contributed by atoms with Crippen LogP contribution in [0.5, 0.6) is 0 Å². The monoisotopic (exact) mass is 244 g/mol. The first-order valence-electron chi connectivity index (χ1n) is 6.56. The number of aromatic nitrogens is 1. The van der Waals surface area contributed by atoms with E-state index >= 15 is 0 Å². The average Bonchev–Trinajstić information content (AvgIpc) is 2.86. The summed E-state index contributed by atoms with van der Waals surface area (Å²) in [5, 5.41) is 3.28. The first-order valence-corrected chi connectivity index (χ1v) is 6.56. The summed E-state index contributed by atoms with van der Waals surface area (Å²) >= 11 is 0. The summed E-state index contributed by atoms with van der Waals surface area (Å²) in [5.74, 6) is 1.75. The maximum absolute atomic E-state index is 5.68. The fraction of sp³-hybridized carbons (Fsp3) is 0.400. The summed E-state index contributed by atoms with van der Waals surface area (Å²) in [6.45, 7) is 3.87. The second-order valence-corrected chi connectivity index (χ2v) is 4.38. The fourth-order valence-electron chi connectivity index (χ4n) is 1.83. The van der Waals surface area contributed by atoms with Crippen LogP contribution in [0.1, 0.15) is 30.6 Å². The molecule has 0 aliphatic carbocycles. The van der Waals surface area contributed by atoms with E-state index in [0.29, 0.717) is 0 Å². The molecule has 0 amide bonds. The SMILES string of the molecule is CCCNCc1ncc(CCc2ccccc2)o1. The zero-order chi connectivity index (χ0) is 12.6. The van der Waals surface area contributed by atoms with Gasteiger partial charge in [-0.1, -0.05) is 37.3 Å². The van der Waals surface area contributed by atoms with Gasteiger partial charge in [0.25, 0.3) is 0 Å². The fourth-order valence-corrected chi connectivity index (χ4v) is 1.83. The summed E-state index contributed by atoms with van der Waals surface area (Å²) in [4.78, 5) is 4.27. The number of hydrogen-bond donors (Lipinski definition) is 1. The predicted molar refractivity (Wildman–Crippen MR) is 72.4 cm³/mol. The Labute approximate surface area is 108 Å². The topological polar surface area (TPSA) is 38.1 Å². The zero-order valence-corrected chi connectivity index (χ0v) is 10.9. The van der Waals surface area contributed by atoms with Crippen LogP contribution in [0.2, 0.25) is 0 Å². The van der Waals surface area contributed by atoms with Crippen LogP contribution in [0.25, 0.3) is 0 Å². The van der Waals surface area contributed by atoms with Gasteiger partial charge in [0.15, 0.2) is 0 Å². The van der Waals surface area contributed by atoms with Crippen LogP contribution < -0.4 is 5.32 Å². The number of oxazole rings is 1. The molecule has 0 atom stereocenters. The number of hydrogen-bond acceptors (Lipinski definition) is 3. The largest absolute Gasteiger partial charge is 0.444 e. The van der Waals surface area contributed by atoms with Crippen LogP contribution in [0.15, 0.2) is 40.9 Å². The van der Waals surface area contributed by atoms with Gasteiger partial charge in [0.1, 0.15) is 5.76 Å². The number of nitrogens with zero attached hydrogens (tertiary/aromatic N) is 1. The normalized spacial score (nSPS) is 10.7. The molecule has 0 bridgehead atoms. The lowest BCUT2D eigenvalue weighted by Crippen LogP contribution is -2.13. The van der Waals surface area contributed by atoms with Gasteiger partial charge in [0.05, 0.1) is 12.7 Å². The Balaban J connectivity index is 1.80. The zero-order valence-electron chi connectivity index (χ0n) is 10.9. The number of aryl methyl sites for hydroxylation is 2. The van der Waals surface area contributed by atoms with Crippen molar-refractivity contribution in [2.75, 3.05) is 6.54 Å². The van der Waals surface area contributed by atoms with Crippen molar-refractivity contribution < 1.29 is 4.42 Å². The molecule has 1 N–H and O–H groups in total. The molecule has 0 spiro atoms. The molecule has 0 saturated heterocycles. The molecular formula is C15H20N2O. The molecule has 3 heteroatoms. The van der Waals surface area contributed by atoms with E-state index < -0.39 is 0 Å². The predicted octanol–water partition coefficient (Wildman–Crippen LogP) is 2.96. The number of nitrogens with one attached hydrogen (secondary N) is 1. The third-order valence-electron chi connectivity index (χ3n) is 2.81. The third-order valence-corrected chi connectivity index (χ3v) is 2.81. The molecule has 3 nitrogen and oxygen atoms in total. The van der Waals surface area contributed by atoms with E-state index in [1.165, 1.54) is 5.56 Å². The van der Waals surface area contributed by atoms with Gasteiger partial charge in [0, 0.05) is 6.42 Å². The highest BCUT2D eigenvalue weighted by Crippen LogP contribution is 2.08. The molecule has 1 aromatic heterocycles. The molecule has 2 rings (SSSR count). The highest BCUT2D eigenvalue weighted by molar-refractivity contribution is 5.15. The van der Waals surface area contributed by atoms with Crippen molar-refractivity contribution in [1.82, 2.24) is 10.3 Å². The molecular weight excluding hydrogens is 224 g/mol. The lowest BCUT2D eigenvalue weighted by Gasteiger charge is -1.99. The van der Waals surface area contributed by atoms with Gasteiger partial charge in [-0.2, -0.15) is 0 Å². The highest BCUT2D eigenvalue weighted by Gasteiger charge is 2.03. The number of rotatable bonds is 7. The maximum Gasteiger partial charge on any atom is 0.208 e. The Morgan fingerprint density at radius 1 is 1.17 bits per heavy atom. The Morgan fingerprint density at radius 3 is 2.78 bits per heavy atom. The quantitative estimate of drug-likeness (QED) is 0.761. The molecule has 0 radical (unpaired) electrons. The Morgan fingerprint density at radius 2 is 2.00 bits per heavy atom.